The molecule has 14 heavy (non-hydrogen) atoms. The van der Waals surface area contributed by atoms with E-state index in [0.29, 0.717) is 0 Å². The Balaban J connectivity index is 1.71. The molecule has 2 heteroatoms. The van der Waals surface area contributed by atoms with Gasteiger partial charge in [0.1, 0.15) is 0 Å². The summed E-state index contributed by atoms with van der Waals surface area (Å²) in [6, 6.07) is 0. The van der Waals surface area contributed by atoms with Crippen LogP contribution in [-0.4, -0.2) is 26.3 Å². The third-order valence-electron chi connectivity index (χ3n) is 2.87. The van der Waals surface area contributed by atoms with Crippen molar-refractivity contribution in [3.05, 3.63) is 0 Å². The molecular formula is C12H25NO. The highest BCUT2D eigenvalue weighted by molar-refractivity contribution is 4.68. The summed E-state index contributed by atoms with van der Waals surface area (Å²) >= 11 is 0. The van der Waals surface area contributed by atoms with Gasteiger partial charge in [0.2, 0.25) is 0 Å². The average Bonchev–Trinajstić information content (AvgIpc) is 2.06. The molecule has 0 radical (unpaired) electrons. The van der Waals surface area contributed by atoms with Gasteiger partial charge in [-0.25, -0.2) is 0 Å². The van der Waals surface area contributed by atoms with Crippen LogP contribution < -0.4 is 5.32 Å². The van der Waals surface area contributed by atoms with Crippen LogP contribution in [0.3, 0.4) is 0 Å². The highest BCUT2D eigenvalue weighted by Crippen LogP contribution is 2.28. The summed E-state index contributed by atoms with van der Waals surface area (Å²) in [6.45, 7) is 8.40. The molecule has 0 aromatic carbocycles. The van der Waals surface area contributed by atoms with Gasteiger partial charge in [-0.3, -0.25) is 0 Å². The molecular weight excluding hydrogens is 174 g/mol. The van der Waals surface area contributed by atoms with Crippen LogP contribution in [0.25, 0.3) is 0 Å². The van der Waals surface area contributed by atoms with Gasteiger partial charge in [-0.2, -0.15) is 0 Å². The Labute approximate surface area is 88.4 Å². The van der Waals surface area contributed by atoms with Gasteiger partial charge in [0.25, 0.3) is 0 Å². The van der Waals surface area contributed by atoms with E-state index in [4.69, 9.17) is 4.74 Å². The van der Waals surface area contributed by atoms with E-state index < -0.39 is 0 Å². The Morgan fingerprint density at radius 2 is 2.07 bits per heavy atom. The van der Waals surface area contributed by atoms with Crippen molar-refractivity contribution in [2.24, 2.45) is 11.8 Å². The maximum Gasteiger partial charge on any atom is 0.0590 e. The van der Waals surface area contributed by atoms with Gasteiger partial charge in [0.05, 0.1) is 6.61 Å². The summed E-state index contributed by atoms with van der Waals surface area (Å²) in [6.07, 6.45) is 5.61. The number of hydrogen-bond donors (Lipinski definition) is 1. The van der Waals surface area contributed by atoms with Gasteiger partial charge < -0.3 is 10.1 Å². The van der Waals surface area contributed by atoms with Crippen molar-refractivity contribution >= 4 is 0 Å². The Morgan fingerprint density at radius 1 is 1.29 bits per heavy atom. The quantitative estimate of drug-likeness (QED) is 0.606. The van der Waals surface area contributed by atoms with E-state index in [2.05, 4.69) is 19.2 Å². The molecule has 1 aliphatic rings. The molecule has 1 fully saturated rings. The molecule has 0 aliphatic heterocycles. The van der Waals surface area contributed by atoms with Crippen LogP contribution in [0.2, 0.25) is 0 Å². The molecule has 0 aromatic rings. The van der Waals surface area contributed by atoms with Crippen molar-refractivity contribution in [1.82, 2.24) is 5.32 Å². The topological polar surface area (TPSA) is 21.3 Å². The van der Waals surface area contributed by atoms with Crippen molar-refractivity contribution in [2.75, 3.05) is 26.3 Å². The summed E-state index contributed by atoms with van der Waals surface area (Å²) in [5, 5.41) is 3.38. The van der Waals surface area contributed by atoms with Gasteiger partial charge in [-0.1, -0.05) is 33.1 Å². The lowest BCUT2D eigenvalue weighted by molar-refractivity contribution is 0.108. The molecule has 1 rings (SSSR count). The first-order valence-corrected chi connectivity index (χ1v) is 6.07. The van der Waals surface area contributed by atoms with Crippen LogP contribution in [-0.2, 0) is 4.74 Å². The zero-order chi connectivity index (χ0) is 10.2. The van der Waals surface area contributed by atoms with Crippen molar-refractivity contribution in [3.8, 4) is 0 Å². The summed E-state index contributed by atoms with van der Waals surface area (Å²) in [5.74, 6) is 1.73. The van der Waals surface area contributed by atoms with Crippen LogP contribution in [0.5, 0.6) is 0 Å². The van der Waals surface area contributed by atoms with E-state index in [0.717, 1.165) is 38.1 Å². The van der Waals surface area contributed by atoms with Gasteiger partial charge in [0, 0.05) is 13.2 Å². The van der Waals surface area contributed by atoms with Crippen molar-refractivity contribution < 1.29 is 4.74 Å². The zero-order valence-corrected chi connectivity index (χ0v) is 9.72. The van der Waals surface area contributed by atoms with E-state index in [-0.39, 0.29) is 0 Å². The first-order chi connectivity index (χ1) is 6.79. The monoisotopic (exact) mass is 199 g/mol. The Morgan fingerprint density at radius 3 is 2.64 bits per heavy atom. The second-order valence-corrected chi connectivity index (χ2v) is 4.80. The SMILES string of the molecule is CC(C)CNCCOCCC1CCC1. The molecule has 0 spiro atoms. The smallest absolute Gasteiger partial charge is 0.0590 e. The number of rotatable bonds is 8. The van der Waals surface area contributed by atoms with Crippen LogP contribution in [0.4, 0.5) is 0 Å². The van der Waals surface area contributed by atoms with Gasteiger partial charge in [-0.05, 0) is 24.8 Å². The number of hydrogen-bond acceptors (Lipinski definition) is 2. The van der Waals surface area contributed by atoms with Crippen LogP contribution in [0.15, 0.2) is 0 Å². The minimum Gasteiger partial charge on any atom is -0.380 e. The van der Waals surface area contributed by atoms with Crippen LogP contribution in [0, 0.1) is 11.8 Å². The lowest BCUT2D eigenvalue weighted by Gasteiger charge is -2.24. The molecule has 0 unspecified atom stereocenters. The second kappa shape index (κ2) is 7.24. The summed E-state index contributed by atoms with van der Waals surface area (Å²) in [7, 11) is 0. The standard InChI is InChI=1S/C12H25NO/c1-11(2)10-13-7-9-14-8-6-12-4-3-5-12/h11-13H,3-10H2,1-2H3. The van der Waals surface area contributed by atoms with Gasteiger partial charge in [-0.15, -0.1) is 0 Å². The molecule has 1 aliphatic carbocycles. The minimum atomic E-state index is 0.741. The Bertz CT molecular complexity index is 132. The summed E-state index contributed by atoms with van der Waals surface area (Å²) < 4.78 is 5.56. The molecule has 2 nitrogen and oxygen atoms in total. The maximum absolute atomic E-state index is 5.56. The van der Waals surface area contributed by atoms with E-state index >= 15 is 0 Å². The molecule has 1 N–H and O–H groups in total. The van der Waals surface area contributed by atoms with Crippen molar-refractivity contribution in [2.45, 2.75) is 39.5 Å². The second-order valence-electron chi connectivity index (χ2n) is 4.80. The first kappa shape index (κ1) is 12.0. The highest BCUT2D eigenvalue weighted by atomic mass is 16.5. The first-order valence-electron chi connectivity index (χ1n) is 6.07. The van der Waals surface area contributed by atoms with Crippen LogP contribution >= 0.6 is 0 Å². The van der Waals surface area contributed by atoms with Crippen molar-refractivity contribution in [3.63, 3.8) is 0 Å². The van der Waals surface area contributed by atoms with Gasteiger partial charge >= 0.3 is 0 Å². The normalized spacial score (nSPS) is 17.4. The lowest BCUT2D eigenvalue weighted by Crippen LogP contribution is -2.24. The van der Waals surface area contributed by atoms with E-state index in [1.165, 1.54) is 25.7 Å². The third kappa shape index (κ3) is 5.61. The fourth-order valence-corrected chi connectivity index (χ4v) is 1.67. The average molecular weight is 199 g/mol. The molecule has 0 saturated heterocycles. The molecule has 84 valence electrons. The molecule has 0 amide bonds. The van der Waals surface area contributed by atoms with Gasteiger partial charge in [0.15, 0.2) is 0 Å². The summed E-state index contributed by atoms with van der Waals surface area (Å²) in [5.41, 5.74) is 0. The highest BCUT2D eigenvalue weighted by Gasteiger charge is 2.16. The molecule has 0 bridgehead atoms. The lowest BCUT2D eigenvalue weighted by atomic mass is 9.83. The van der Waals surface area contributed by atoms with Crippen molar-refractivity contribution in [1.29, 1.82) is 0 Å². The zero-order valence-electron chi connectivity index (χ0n) is 9.72. The van der Waals surface area contributed by atoms with E-state index in [1.807, 2.05) is 0 Å². The number of nitrogens with one attached hydrogen (secondary N) is 1. The fourth-order valence-electron chi connectivity index (χ4n) is 1.67. The third-order valence-corrected chi connectivity index (χ3v) is 2.87. The number of ether oxygens (including phenoxy) is 1. The molecule has 0 aromatic heterocycles. The predicted molar refractivity (Wildman–Crippen MR) is 60.5 cm³/mol. The maximum atomic E-state index is 5.56. The van der Waals surface area contributed by atoms with Crippen LogP contribution in [0.1, 0.15) is 39.5 Å². The Hall–Kier alpha value is -0.0800. The van der Waals surface area contributed by atoms with E-state index in [1.54, 1.807) is 0 Å². The summed E-state index contributed by atoms with van der Waals surface area (Å²) in [4.78, 5) is 0. The minimum absolute atomic E-state index is 0.741. The Kier molecular flexibility index (Phi) is 6.20. The fraction of sp³-hybridized carbons (Fsp3) is 1.00. The molecule has 0 atom stereocenters. The molecule has 0 heterocycles. The molecule has 1 saturated carbocycles. The van der Waals surface area contributed by atoms with E-state index in [9.17, 15) is 0 Å². The predicted octanol–water partition coefficient (Wildman–Crippen LogP) is 2.44. The largest absolute Gasteiger partial charge is 0.380 e.